The van der Waals surface area contributed by atoms with Crippen molar-refractivity contribution in [1.29, 1.82) is 0 Å². The number of benzene rings is 3. The summed E-state index contributed by atoms with van der Waals surface area (Å²) in [6, 6.07) is 21.9. The van der Waals surface area contributed by atoms with Crippen LogP contribution in [-0.2, 0) is 24.1 Å². The molecule has 0 aliphatic carbocycles. The van der Waals surface area contributed by atoms with Crippen LogP contribution in [0.5, 0.6) is 0 Å². The molecule has 0 radical (unpaired) electrons. The van der Waals surface area contributed by atoms with Gasteiger partial charge in [-0.2, -0.15) is 0 Å². The van der Waals surface area contributed by atoms with Crippen molar-refractivity contribution in [1.82, 2.24) is 5.32 Å². The number of fused-ring (bicyclic) bond motifs is 1. The van der Waals surface area contributed by atoms with E-state index in [9.17, 15) is 9.59 Å². The molecule has 1 aliphatic rings. The predicted molar refractivity (Wildman–Crippen MR) is 154 cm³/mol. The zero-order valence-corrected chi connectivity index (χ0v) is 22.6. The van der Waals surface area contributed by atoms with Crippen LogP contribution in [0.4, 0.5) is 11.4 Å². The molecule has 0 bridgehead atoms. The monoisotopic (exact) mass is 513 g/mol. The van der Waals surface area contributed by atoms with E-state index in [-0.39, 0.29) is 11.8 Å². The fourth-order valence-electron chi connectivity index (χ4n) is 4.80. The number of carbonyl (C=O) groups excluding carboxylic acids is 2. The van der Waals surface area contributed by atoms with Gasteiger partial charge in [0.2, 0.25) is 0 Å². The minimum atomic E-state index is -0.185. The van der Waals surface area contributed by atoms with Crippen molar-refractivity contribution < 1.29 is 14.3 Å². The van der Waals surface area contributed by atoms with Crippen LogP contribution in [0.2, 0.25) is 0 Å². The summed E-state index contributed by atoms with van der Waals surface area (Å²) in [5, 5.41) is 6.02. The molecule has 0 atom stereocenters. The summed E-state index contributed by atoms with van der Waals surface area (Å²) in [6.07, 6.45) is 4.97. The van der Waals surface area contributed by atoms with Crippen LogP contribution in [0.1, 0.15) is 70.5 Å². The Morgan fingerprint density at radius 1 is 0.921 bits per heavy atom. The van der Waals surface area contributed by atoms with Gasteiger partial charge in [-0.1, -0.05) is 49.7 Å². The minimum Gasteiger partial charge on any atom is -0.382 e. The maximum absolute atomic E-state index is 13.3. The summed E-state index contributed by atoms with van der Waals surface area (Å²) in [5.41, 5.74) is 6.51. The van der Waals surface area contributed by atoms with E-state index in [0.717, 1.165) is 50.9 Å². The van der Waals surface area contributed by atoms with Crippen molar-refractivity contribution in [3.05, 3.63) is 94.5 Å². The zero-order valence-electron chi connectivity index (χ0n) is 22.6. The maximum Gasteiger partial charge on any atom is 0.255 e. The second-order valence-corrected chi connectivity index (χ2v) is 9.73. The van der Waals surface area contributed by atoms with E-state index in [1.54, 1.807) is 6.07 Å². The molecule has 6 heteroatoms. The summed E-state index contributed by atoms with van der Waals surface area (Å²) < 4.78 is 5.40. The van der Waals surface area contributed by atoms with Gasteiger partial charge in [0.1, 0.15) is 0 Å². The molecule has 2 N–H and O–H groups in total. The lowest BCUT2D eigenvalue weighted by Crippen LogP contribution is -2.33. The molecule has 1 heterocycles. The average molecular weight is 514 g/mol. The second kappa shape index (κ2) is 13.8. The molecule has 0 unspecified atom stereocenters. The molecule has 38 heavy (non-hydrogen) atoms. The van der Waals surface area contributed by atoms with Gasteiger partial charge in [0.15, 0.2) is 0 Å². The molecule has 6 nitrogen and oxygen atoms in total. The van der Waals surface area contributed by atoms with E-state index in [2.05, 4.69) is 46.7 Å². The smallest absolute Gasteiger partial charge is 0.255 e. The quantitative estimate of drug-likeness (QED) is 0.292. The Hall–Kier alpha value is -3.64. The number of nitrogens with zero attached hydrogens (tertiary/aromatic N) is 1. The van der Waals surface area contributed by atoms with Crippen LogP contribution in [0.3, 0.4) is 0 Å². The first kappa shape index (κ1) is 27.4. The molecule has 0 saturated carbocycles. The third kappa shape index (κ3) is 7.23. The van der Waals surface area contributed by atoms with Gasteiger partial charge in [-0.05, 0) is 79.6 Å². The third-order valence-corrected chi connectivity index (χ3v) is 6.96. The summed E-state index contributed by atoms with van der Waals surface area (Å²) in [5.74, 6) is -0.332. The molecule has 2 amide bonds. The standard InChI is InChI=1S/C32H39N3O3/c1-3-5-9-24-12-14-26(15-13-24)31(36)34-28-16-17-30(29(22-28)32(37)33-19-8-21-38-4-2)35-20-18-25-10-6-7-11-27(25)23-35/h6-7,10-17,22H,3-5,8-9,18-21,23H2,1-2H3,(H,33,37)(H,34,36). The zero-order chi connectivity index (χ0) is 26.7. The lowest BCUT2D eigenvalue weighted by Gasteiger charge is -2.32. The van der Waals surface area contributed by atoms with Crippen LogP contribution in [-0.4, -0.2) is 38.1 Å². The normalized spacial score (nSPS) is 12.6. The van der Waals surface area contributed by atoms with Gasteiger partial charge in [-0.15, -0.1) is 0 Å². The first-order valence-electron chi connectivity index (χ1n) is 13.8. The molecule has 0 aromatic heterocycles. The van der Waals surface area contributed by atoms with Crippen LogP contribution in [0.15, 0.2) is 66.7 Å². The van der Waals surface area contributed by atoms with E-state index in [1.807, 2.05) is 43.3 Å². The number of hydrogen-bond donors (Lipinski definition) is 2. The molecular weight excluding hydrogens is 474 g/mol. The average Bonchev–Trinajstić information content (AvgIpc) is 2.95. The van der Waals surface area contributed by atoms with Gasteiger partial charge in [-0.25, -0.2) is 0 Å². The van der Waals surface area contributed by atoms with Gasteiger partial charge < -0.3 is 20.3 Å². The van der Waals surface area contributed by atoms with E-state index >= 15 is 0 Å². The van der Waals surface area contributed by atoms with Crippen LogP contribution < -0.4 is 15.5 Å². The number of nitrogens with one attached hydrogen (secondary N) is 2. The van der Waals surface area contributed by atoms with E-state index < -0.39 is 0 Å². The highest BCUT2D eigenvalue weighted by atomic mass is 16.5. The summed E-state index contributed by atoms with van der Waals surface area (Å²) >= 11 is 0. The molecule has 200 valence electrons. The summed E-state index contributed by atoms with van der Waals surface area (Å²) in [4.78, 5) is 28.6. The van der Waals surface area contributed by atoms with Crippen LogP contribution in [0.25, 0.3) is 0 Å². The van der Waals surface area contributed by atoms with Crippen molar-refractivity contribution in [2.75, 3.05) is 36.5 Å². The number of carbonyl (C=O) groups is 2. The van der Waals surface area contributed by atoms with Crippen LogP contribution >= 0.6 is 0 Å². The fraction of sp³-hybridized carbons (Fsp3) is 0.375. The molecular formula is C32H39N3O3. The number of ether oxygens (including phenoxy) is 1. The van der Waals surface area contributed by atoms with Crippen molar-refractivity contribution >= 4 is 23.2 Å². The Bertz CT molecular complexity index is 1220. The lowest BCUT2D eigenvalue weighted by molar-refractivity contribution is 0.0943. The Labute approximate surface area is 226 Å². The molecule has 3 aromatic carbocycles. The highest BCUT2D eigenvalue weighted by Gasteiger charge is 2.22. The number of unbranched alkanes of at least 4 members (excludes halogenated alkanes) is 1. The van der Waals surface area contributed by atoms with Gasteiger partial charge in [-0.3, -0.25) is 9.59 Å². The van der Waals surface area contributed by atoms with Gasteiger partial charge in [0.05, 0.1) is 5.56 Å². The van der Waals surface area contributed by atoms with Crippen molar-refractivity contribution in [3.8, 4) is 0 Å². The molecule has 4 rings (SSSR count). The third-order valence-electron chi connectivity index (χ3n) is 6.96. The number of rotatable bonds is 12. The topological polar surface area (TPSA) is 70.7 Å². The largest absolute Gasteiger partial charge is 0.382 e. The SMILES string of the molecule is CCCCc1ccc(C(=O)Nc2ccc(N3CCc4ccccc4C3)c(C(=O)NCCCOCC)c2)cc1. The summed E-state index contributed by atoms with van der Waals surface area (Å²) in [6.45, 7) is 7.52. The molecule has 3 aromatic rings. The first-order chi connectivity index (χ1) is 18.6. The maximum atomic E-state index is 13.3. The predicted octanol–water partition coefficient (Wildman–Crippen LogP) is 6.00. The minimum absolute atomic E-state index is 0.147. The van der Waals surface area contributed by atoms with E-state index in [4.69, 9.17) is 4.74 Å². The second-order valence-electron chi connectivity index (χ2n) is 9.73. The Balaban J connectivity index is 1.52. The summed E-state index contributed by atoms with van der Waals surface area (Å²) in [7, 11) is 0. The van der Waals surface area contributed by atoms with Gasteiger partial charge in [0.25, 0.3) is 11.8 Å². The van der Waals surface area contributed by atoms with Crippen molar-refractivity contribution in [2.24, 2.45) is 0 Å². The fourth-order valence-corrected chi connectivity index (χ4v) is 4.80. The highest BCUT2D eigenvalue weighted by molar-refractivity contribution is 6.06. The molecule has 0 spiro atoms. The van der Waals surface area contributed by atoms with E-state index in [0.29, 0.717) is 36.6 Å². The molecule has 0 saturated heterocycles. The Kier molecular flexibility index (Phi) is 9.93. The Morgan fingerprint density at radius 3 is 2.47 bits per heavy atom. The van der Waals surface area contributed by atoms with Crippen LogP contribution in [0, 0.1) is 0 Å². The molecule has 0 fully saturated rings. The lowest BCUT2D eigenvalue weighted by atomic mass is 9.98. The van der Waals surface area contributed by atoms with Gasteiger partial charge in [0, 0.05) is 49.8 Å². The van der Waals surface area contributed by atoms with E-state index in [1.165, 1.54) is 16.7 Å². The first-order valence-corrected chi connectivity index (χ1v) is 13.8. The number of anilines is 2. The van der Waals surface area contributed by atoms with Crippen molar-refractivity contribution in [3.63, 3.8) is 0 Å². The highest BCUT2D eigenvalue weighted by Crippen LogP contribution is 2.30. The van der Waals surface area contributed by atoms with Crippen molar-refractivity contribution in [2.45, 2.75) is 52.5 Å². The molecule has 1 aliphatic heterocycles. The Morgan fingerprint density at radius 2 is 1.71 bits per heavy atom. The number of hydrogen-bond acceptors (Lipinski definition) is 4. The number of aryl methyl sites for hydroxylation is 1. The number of amides is 2. The van der Waals surface area contributed by atoms with Gasteiger partial charge >= 0.3 is 0 Å².